The lowest BCUT2D eigenvalue weighted by Gasteiger charge is -2.34. The third-order valence-corrected chi connectivity index (χ3v) is 11.5. The zero-order chi connectivity index (χ0) is 45.6. The maximum atomic E-state index is 12.8. The van der Waals surface area contributed by atoms with Gasteiger partial charge in [0.1, 0.15) is 12.6 Å². The molecule has 8 heteroatoms. The Bertz CT molecular complexity index is 1150. The maximum Gasteiger partial charge on any atom is 0.306 e. The molecule has 0 aliphatic carbocycles. The summed E-state index contributed by atoms with van der Waals surface area (Å²) in [4.78, 5) is 37.0. The molecule has 0 saturated carbocycles. The molecule has 0 aromatic heterocycles. The molecule has 0 aliphatic rings. The van der Waals surface area contributed by atoms with Crippen LogP contribution in [-0.2, 0) is 28.6 Å². The van der Waals surface area contributed by atoms with Gasteiger partial charge in [-0.1, -0.05) is 184 Å². The summed E-state index contributed by atoms with van der Waals surface area (Å²) in [6.45, 7) is 4.63. The molecule has 0 heterocycles. The van der Waals surface area contributed by atoms with Crippen molar-refractivity contribution in [2.75, 3.05) is 41.0 Å². The van der Waals surface area contributed by atoms with Gasteiger partial charge in [0.25, 0.3) is 0 Å². The minimum Gasteiger partial charge on any atom is -0.544 e. The van der Waals surface area contributed by atoms with Crippen LogP contribution in [0.15, 0.2) is 48.6 Å². The SMILES string of the molecule is CCCCC/C=C/C=C/CCCCCCCCC(=O)OCC(COCCC(C(=O)[O-])[N+](C)(C)C)OC(=O)CCCCCCCCC/C=C/C/C=C/CCCCCCCCCCC. The van der Waals surface area contributed by atoms with Crippen LogP contribution in [0.1, 0.15) is 226 Å². The van der Waals surface area contributed by atoms with E-state index in [0.717, 1.165) is 70.6 Å². The first-order valence-electron chi connectivity index (χ1n) is 25.7. The summed E-state index contributed by atoms with van der Waals surface area (Å²) >= 11 is 0. The number of likely N-dealkylation sites (N-methyl/N-ethyl adjacent to an activating group) is 1. The molecule has 0 aromatic rings. The highest BCUT2D eigenvalue weighted by Gasteiger charge is 2.25. The average Bonchev–Trinajstić information content (AvgIpc) is 3.23. The number of unbranched alkanes of at least 4 members (excludes halogenated alkanes) is 25. The Morgan fingerprint density at radius 1 is 0.500 bits per heavy atom. The molecule has 0 aliphatic heterocycles. The Balaban J connectivity index is 4.26. The Labute approximate surface area is 382 Å². The van der Waals surface area contributed by atoms with Crippen molar-refractivity contribution in [3.05, 3.63) is 48.6 Å². The fourth-order valence-electron chi connectivity index (χ4n) is 7.45. The Morgan fingerprint density at radius 2 is 0.903 bits per heavy atom. The van der Waals surface area contributed by atoms with E-state index in [-0.39, 0.29) is 42.7 Å². The summed E-state index contributed by atoms with van der Waals surface area (Å²) < 4.78 is 17.2. The van der Waals surface area contributed by atoms with E-state index >= 15 is 0 Å². The average molecular weight is 872 g/mol. The number of carboxylic acids is 1. The Morgan fingerprint density at radius 3 is 1.37 bits per heavy atom. The van der Waals surface area contributed by atoms with E-state index in [2.05, 4.69) is 62.5 Å². The highest BCUT2D eigenvalue weighted by molar-refractivity contribution is 5.70. The molecule has 62 heavy (non-hydrogen) atoms. The molecule has 0 spiro atoms. The standard InChI is InChI=1S/C54H97NO7/c1-6-8-10-12-14-16-18-20-22-23-24-25-26-27-28-29-31-33-35-37-39-41-43-45-53(57)62-50(48-60-47-46-51(54(58)59)55(3,4)5)49-61-52(56)44-42-40-38-36-34-32-30-21-19-17-15-13-11-9-7-2/h15,17,19,21,24-25,27-28,50-51H,6-14,16,18,20,22-23,26,29-49H2,1-5H3/b17-15+,21-19+,25-24+,28-27+. The number of carbonyl (C=O) groups is 3. The fourth-order valence-corrected chi connectivity index (χ4v) is 7.45. The van der Waals surface area contributed by atoms with Crippen LogP contribution in [-0.4, -0.2) is 75.5 Å². The van der Waals surface area contributed by atoms with Gasteiger partial charge in [0.15, 0.2) is 6.10 Å². The molecule has 2 atom stereocenters. The predicted molar refractivity (Wildman–Crippen MR) is 259 cm³/mol. The van der Waals surface area contributed by atoms with Crippen LogP contribution in [0.2, 0.25) is 0 Å². The predicted octanol–water partition coefficient (Wildman–Crippen LogP) is 13.4. The monoisotopic (exact) mass is 872 g/mol. The first-order chi connectivity index (χ1) is 30.1. The van der Waals surface area contributed by atoms with Gasteiger partial charge in [-0.25, -0.2) is 0 Å². The summed E-state index contributed by atoms with van der Waals surface area (Å²) in [5.74, 6) is -1.76. The van der Waals surface area contributed by atoms with Crippen molar-refractivity contribution < 1.29 is 38.2 Å². The van der Waals surface area contributed by atoms with Gasteiger partial charge in [-0.3, -0.25) is 9.59 Å². The van der Waals surface area contributed by atoms with Crippen molar-refractivity contribution in [1.82, 2.24) is 0 Å². The lowest BCUT2D eigenvalue weighted by Crippen LogP contribution is -2.55. The van der Waals surface area contributed by atoms with E-state index < -0.39 is 18.1 Å². The van der Waals surface area contributed by atoms with Crippen LogP contribution in [0.3, 0.4) is 0 Å². The van der Waals surface area contributed by atoms with E-state index in [9.17, 15) is 19.5 Å². The van der Waals surface area contributed by atoms with Crippen molar-refractivity contribution in [2.24, 2.45) is 0 Å². The number of hydrogen-bond acceptors (Lipinski definition) is 7. The van der Waals surface area contributed by atoms with Gasteiger partial charge in [-0.05, 0) is 70.6 Å². The van der Waals surface area contributed by atoms with Crippen molar-refractivity contribution in [1.29, 1.82) is 0 Å². The second-order valence-corrected chi connectivity index (χ2v) is 18.4. The van der Waals surface area contributed by atoms with Crippen molar-refractivity contribution >= 4 is 17.9 Å². The summed E-state index contributed by atoms with van der Waals surface area (Å²) in [6, 6.07) is -0.730. The first-order valence-corrected chi connectivity index (χ1v) is 25.7. The smallest absolute Gasteiger partial charge is 0.306 e. The molecule has 8 nitrogen and oxygen atoms in total. The normalized spacial score (nSPS) is 13.2. The number of aliphatic carboxylic acids is 1. The second kappa shape index (κ2) is 44.9. The molecule has 0 amide bonds. The molecule has 0 rings (SSSR count). The van der Waals surface area contributed by atoms with Gasteiger partial charge in [0.05, 0.1) is 40.3 Å². The number of quaternary nitrogens is 1. The third-order valence-electron chi connectivity index (χ3n) is 11.5. The molecule has 0 bridgehead atoms. The van der Waals surface area contributed by atoms with Crippen LogP contribution in [0, 0.1) is 0 Å². The van der Waals surface area contributed by atoms with E-state index in [1.54, 1.807) is 21.1 Å². The topological polar surface area (TPSA) is 102 Å². The van der Waals surface area contributed by atoms with Crippen LogP contribution in [0.25, 0.3) is 0 Å². The third kappa shape index (κ3) is 42.6. The number of esters is 2. The van der Waals surface area contributed by atoms with Crippen LogP contribution in [0.4, 0.5) is 0 Å². The fraction of sp³-hybridized carbons (Fsp3) is 0.796. The molecule has 0 fully saturated rings. The number of allylic oxidation sites excluding steroid dienone is 8. The molecular weight excluding hydrogens is 775 g/mol. The number of rotatable bonds is 46. The van der Waals surface area contributed by atoms with Crippen LogP contribution in [0.5, 0.6) is 0 Å². The van der Waals surface area contributed by atoms with Gasteiger partial charge < -0.3 is 28.6 Å². The van der Waals surface area contributed by atoms with Gasteiger partial charge in [-0.15, -0.1) is 0 Å². The Hall–Kier alpha value is -2.71. The molecule has 0 saturated heterocycles. The Kier molecular flexibility index (Phi) is 42.9. The van der Waals surface area contributed by atoms with Gasteiger partial charge in [-0.2, -0.15) is 0 Å². The minimum absolute atomic E-state index is 0.0334. The number of ether oxygens (including phenoxy) is 3. The highest BCUT2D eigenvalue weighted by Crippen LogP contribution is 2.15. The van der Waals surface area contributed by atoms with Gasteiger partial charge in [0, 0.05) is 19.3 Å². The number of carbonyl (C=O) groups excluding carboxylic acids is 3. The second-order valence-electron chi connectivity index (χ2n) is 18.4. The summed E-state index contributed by atoms with van der Waals surface area (Å²) in [7, 11) is 5.41. The van der Waals surface area contributed by atoms with E-state index in [1.807, 2.05) is 0 Å². The molecule has 360 valence electrons. The quantitative estimate of drug-likeness (QED) is 0.0197. The molecule has 2 unspecified atom stereocenters. The zero-order valence-electron chi connectivity index (χ0n) is 41.0. The van der Waals surface area contributed by atoms with Crippen molar-refractivity contribution in [3.8, 4) is 0 Å². The van der Waals surface area contributed by atoms with Crippen LogP contribution < -0.4 is 5.11 Å². The molecule has 0 aromatic carbocycles. The van der Waals surface area contributed by atoms with Crippen molar-refractivity contribution in [2.45, 2.75) is 238 Å². The van der Waals surface area contributed by atoms with Gasteiger partial charge in [0.2, 0.25) is 0 Å². The first kappa shape index (κ1) is 59.3. The number of nitrogens with zero attached hydrogens (tertiary/aromatic N) is 1. The summed E-state index contributed by atoms with van der Waals surface area (Å²) in [6.07, 6.45) is 54.2. The molecule has 0 radical (unpaired) electrons. The molecule has 0 N–H and O–H groups in total. The largest absolute Gasteiger partial charge is 0.544 e. The summed E-state index contributed by atoms with van der Waals surface area (Å²) in [5.41, 5.74) is 0. The molecular formula is C54H97NO7. The minimum atomic E-state index is -1.13. The number of carboxylic acid groups (broad SMARTS) is 1. The zero-order valence-corrected chi connectivity index (χ0v) is 41.0. The van der Waals surface area contributed by atoms with E-state index in [4.69, 9.17) is 14.2 Å². The van der Waals surface area contributed by atoms with Gasteiger partial charge >= 0.3 is 11.9 Å². The van der Waals surface area contributed by atoms with E-state index in [0.29, 0.717) is 12.8 Å². The lowest BCUT2D eigenvalue weighted by molar-refractivity contribution is -0.889. The maximum absolute atomic E-state index is 12.8. The van der Waals surface area contributed by atoms with Crippen molar-refractivity contribution in [3.63, 3.8) is 0 Å². The van der Waals surface area contributed by atoms with E-state index in [1.165, 1.54) is 122 Å². The highest BCUT2D eigenvalue weighted by atomic mass is 16.6. The van der Waals surface area contributed by atoms with Crippen LogP contribution >= 0.6 is 0 Å². The summed E-state index contributed by atoms with van der Waals surface area (Å²) in [5, 5.41) is 11.7. The lowest BCUT2D eigenvalue weighted by atomic mass is 10.1. The number of hydrogen-bond donors (Lipinski definition) is 0.